The Balaban J connectivity index is 1.92. The Bertz CT molecular complexity index is 337. The number of hydrogen-bond acceptors (Lipinski definition) is 2. The number of thioether (sulfide) groups is 1. The zero-order valence-corrected chi connectivity index (χ0v) is 11.0. The number of fused-ring (bicyclic) bond motifs is 1. The Morgan fingerprint density at radius 2 is 2.25 bits per heavy atom. The van der Waals surface area contributed by atoms with Crippen molar-refractivity contribution in [3.63, 3.8) is 0 Å². The molecule has 0 amide bonds. The third-order valence-electron chi connectivity index (χ3n) is 3.37. The van der Waals surface area contributed by atoms with Crippen LogP contribution in [0, 0.1) is 0 Å². The van der Waals surface area contributed by atoms with Gasteiger partial charge in [-0.3, -0.25) is 0 Å². The molecule has 16 heavy (non-hydrogen) atoms. The molecule has 0 saturated carbocycles. The van der Waals surface area contributed by atoms with Gasteiger partial charge in [0.15, 0.2) is 0 Å². The molecular weight excluding hydrogens is 214 g/mol. The van der Waals surface area contributed by atoms with Crippen LogP contribution >= 0.6 is 11.8 Å². The molecule has 0 fully saturated rings. The van der Waals surface area contributed by atoms with Gasteiger partial charge in [-0.1, -0.05) is 24.3 Å². The molecule has 88 valence electrons. The fourth-order valence-corrected chi connectivity index (χ4v) is 3.04. The van der Waals surface area contributed by atoms with Gasteiger partial charge in [-0.25, -0.2) is 0 Å². The monoisotopic (exact) mass is 235 g/mol. The minimum Gasteiger partial charge on any atom is -0.307 e. The first-order chi connectivity index (χ1) is 7.81. The second-order valence-corrected chi connectivity index (χ2v) is 5.62. The molecule has 2 rings (SSSR count). The van der Waals surface area contributed by atoms with E-state index in [0.717, 1.165) is 0 Å². The molecule has 0 radical (unpaired) electrons. The summed E-state index contributed by atoms with van der Waals surface area (Å²) in [6.07, 6.45) is 5.95. The maximum absolute atomic E-state index is 3.76. The highest BCUT2D eigenvalue weighted by Crippen LogP contribution is 2.31. The van der Waals surface area contributed by atoms with Gasteiger partial charge in [0.25, 0.3) is 0 Å². The summed E-state index contributed by atoms with van der Waals surface area (Å²) in [5.74, 6) is 1.25. The normalized spacial score (nSPS) is 20.8. The summed E-state index contributed by atoms with van der Waals surface area (Å²) in [6.45, 7) is 2.30. The molecule has 0 saturated heterocycles. The van der Waals surface area contributed by atoms with Crippen LogP contribution in [0.4, 0.5) is 0 Å². The number of hydrogen-bond donors (Lipinski definition) is 1. The summed E-state index contributed by atoms with van der Waals surface area (Å²) in [4.78, 5) is 0. The van der Waals surface area contributed by atoms with Crippen LogP contribution in [0.5, 0.6) is 0 Å². The molecule has 2 heteroatoms. The smallest absolute Gasteiger partial charge is 0.0328 e. The van der Waals surface area contributed by atoms with Gasteiger partial charge in [0.2, 0.25) is 0 Å². The fourth-order valence-electron chi connectivity index (χ4n) is 2.45. The van der Waals surface area contributed by atoms with Crippen molar-refractivity contribution in [3.05, 3.63) is 35.4 Å². The quantitative estimate of drug-likeness (QED) is 0.839. The van der Waals surface area contributed by atoms with Gasteiger partial charge in [-0.15, -0.1) is 0 Å². The average Bonchev–Trinajstić information content (AvgIpc) is 2.70. The standard InChI is InChI=1S/C14H21NS/c1-11(9-10-16-2)15-14-8-7-12-5-3-4-6-13(12)14/h3-6,11,14-15H,7-10H2,1-2H3. The highest BCUT2D eigenvalue weighted by Gasteiger charge is 2.22. The third-order valence-corrected chi connectivity index (χ3v) is 4.02. The van der Waals surface area contributed by atoms with E-state index in [1.807, 2.05) is 11.8 Å². The number of nitrogens with one attached hydrogen (secondary N) is 1. The third kappa shape index (κ3) is 2.80. The van der Waals surface area contributed by atoms with Crippen LogP contribution in [0.3, 0.4) is 0 Å². The van der Waals surface area contributed by atoms with Crippen LogP contribution in [0.2, 0.25) is 0 Å². The lowest BCUT2D eigenvalue weighted by Gasteiger charge is -2.20. The zero-order chi connectivity index (χ0) is 11.4. The molecule has 1 aromatic carbocycles. The predicted octanol–water partition coefficient (Wildman–Crippen LogP) is 3.41. The van der Waals surface area contributed by atoms with Crippen LogP contribution < -0.4 is 5.32 Å². The summed E-state index contributed by atoms with van der Waals surface area (Å²) in [6, 6.07) is 10.1. The van der Waals surface area contributed by atoms with E-state index in [1.165, 1.54) is 36.1 Å². The zero-order valence-electron chi connectivity index (χ0n) is 10.2. The summed E-state index contributed by atoms with van der Waals surface area (Å²) in [5.41, 5.74) is 3.07. The van der Waals surface area contributed by atoms with Gasteiger partial charge in [0.05, 0.1) is 0 Å². The van der Waals surface area contributed by atoms with E-state index in [-0.39, 0.29) is 0 Å². The molecule has 0 spiro atoms. The Morgan fingerprint density at radius 3 is 3.06 bits per heavy atom. The predicted molar refractivity (Wildman–Crippen MR) is 73.1 cm³/mol. The second-order valence-electron chi connectivity index (χ2n) is 4.64. The molecule has 1 aliphatic rings. The van der Waals surface area contributed by atoms with E-state index in [1.54, 1.807) is 0 Å². The molecular formula is C14H21NS. The highest BCUT2D eigenvalue weighted by molar-refractivity contribution is 7.98. The van der Waals surface area contributed by atoms with Gasteiger partial charge < -0.3 is 5.32 Å². The van der Waals surface area contributed by atoms with Crippen molar-refractivity contribution in [1.82, 2.24) is 5.32 Å². The molecule has 1 N–H and O–H groups in total. The Kier molecular flexibility index (Phi) is 4.30. The number of rotatable bonds is 5. The second kappa shape index (κ2) is 5.74. The van der Waals surface area contributed by atoms with Crippen molar-refractivity contribution in [3.8, 4) is 0 Å². The average molecular weight is 235 g/mol. The van der Waals surface area contributed by atoms with Gasteiger partial charge in [0.1, 0.15) is 0 Å². The topological polar surface area (TPSA) is 12.0 Å². The van der Waals surface area contributed by atoms with Crippen LogP contribution in [0.1, 0.15) is 36.9 Å². The lowest BCUT2D eigenvalue weighted by atomic mass is 10.1. The van der Waals surface area contributed by atoms with Crippen molar-refractivity contribution >= 4 is 11.8 Å². The van der Waals surface area contributed by atoms with Crippen molar-refractivity contribution in [2.24, 2.45) is 0 Å². The first-order valence-corrected chi connectivity index (χ1v) is 7.53. The SMILES string of the molecule is CSCCC(C)NC1CCc2ccccc21. The van der Waals surface area contributed by atoms with E-state index < -0.39 is 0 Å². The fraction of sp³-hybridized carbons (Fsp3) is 0.571. The van der Waals surface area contributed by atoms with Crippen LogP contribution in [0.15, 0.2) is 24.3 Å². The van der Waals surface area contributed by atoms with Crippen molar-refractivity contribution in [2.75, 3.05) is 12.0 Å². The summed E-state index contributed by atoms with van der Waals surface area (Å²) < 4.78 is 0. The molecule has 1 nitrogen and oxygen atoms in total. The molecule has 1 aliphatic carbocycles. The van der Waals surface area contributed by atoms with Crippen LogP contribution in [-0.4, -0.2) is 18.1 Å². The van der Waals surface area contributed by atoms with Crippen LogP contribution in [-0.2, 0) is 6.42 Å². The summed E-state index contributed by atoms with van der Waals surface area (Å²) >= 11 is 1.93. The molecule has 0 aliphatic heterocycles. The lowest BCUT2D eigenvalue weighted by Crippen LogP contribution is -2.29. The Hall–Kier alpha value is -0.470. The van der Waals surface area contributed by atoms with E-state index >= 15 is 0 Å². The Labute approximate surface area is 103 Å². The summed E-state index contributed by atoms with van der Waals surface area (Å²) in [5, 5.41) is 3.76. The van der Waals surface area contributed by atoms with Gasteiger partial charge in [-0.2, -0.15) is 11.8 Å². The largest absolute Gasteiger partial charge is 0.307 e. The van der Waals surface area contributed by atoms with E-state index in [4.69, 9.17) is 0 Å². The van der Waals surface area contributed by atoms with Crippen molar-refractivity contribution < 1.29 is 0 Å². The van der Waals surface area contributed by atoms with E-state index in [9.17, 15) is 0 Å². The van der Waals surface area contributed by atoms with Gasteiger partial charge in [-0.05, 0) is 49.3 Å². The maximum Gasteiger partial charge on any atom is 0.0328 e. The first kappa shape index (κ1) is 12.0. The molecule has 0 heterocycles. The maximum atomic E-state index is 3.76. The number of aryl methyl sites for hydroxylation is 1. The van der Waals surface area contributed by atoms with Crippen molar-refractivity contribution in [2.45, 2.75) is 38.3 Å². The first-order valence-electron chi connectivity index (χ1n) is 6.14. The molecule has 2 atom stereocenters. The minimum absolute atomic E-state index is 0.591. The minimum atomic E-state index is 0.591. The molecule has 2 unspecified atom stereocenters. The molecule has 1 aromatic rings. The Morgan fingerprint density at radius 1 is 1.44 bits per heavy atom. The van der Waals surface area contributed by atoms with Gasteiger partial charge in [0, 0.05) is 12.1 Å². The van der Waals surface area contributed by atoms with E-state index in [2.05, 4.69) is 42.8 Å². The number of benzene rings is 1. The van der Waals surface area contributed by atoms with Crippen molar-refractivity contribution in [1.29, 1.82) is 0 Å². The van der Waals surface area contributed by atoms with Gasteiger partial charge >= 0.3 is 0 Å². The highest BCUT2D eigenvalue weighted by atomic mass is 32.2. The summed E-state index contributed by atoms with van der Waals surface area (Å²) in [7, 11) is 0. The van der Waals surface area contributed by atoms with E-state index in [0.29, 0.717) is 12.1 Å². The van der Waals surface area contributed by atoms with Crippen LogP contribution in [0.25, 0.3) is 0 Å². The molecule has 0 aromatic heterocycles. The lowest BCUT2D eigenvalue weighted by molar-refractivity contribution is 0.446. The molecule has 0 bridgehead atoms.